The van der Waals surface area contributed by atoms with E-state index in [1.54, 1.807) is 6.08 Å². The minimum atomic E-state index is -0.869. The molecule has 0 aliphatic rings. The number of carbonyl (C=O) groups excluding carboxylic acids is 1. The highest BCUT2D eigenvalue weighted by atomic mass is 16.3. The van der Waals surface area contributed by atoms with Crippen LogP contribution in [-0.2, 0) is 4.79 Å². The Morgan fingerprint density at radius 3 is 0.921 bits per heavy atom. The quantitative estimate of drug-likeness (QED) is 0.0421. The van der Waals surface area contributed by atoms with Crippen LogP contribution in [-0.4, -0.2) is 34.9 Å². The molecule has 2 atom stereocenters. The fourth-order valence-electron chi connectivity index (χ4n) is 8.98. The molecule has 0 heterocycles. The molecular formula is C59H113NO3. The Labute approximate surface area is 395 Å². The van der Waals surface area contributed by atoms with E-state index >= 15 is 0 Å². The van der Waals surface area contributed by atoms with Crippen LogP contribution < -0.4 is 5.32 Å². The molecule has 0 saturated heterocycles. The van der Waals surface area contributed by atoms with E-state index in [0.29, 0.717) is 6.42 Å². The predicted octanol–water partition coefficient (Wildman–Crippen LogP) is 18.9. The first-order chi connectivity index (χ1) is 31.2. The molecule has 63 heavy (non-hydrogen) atoms. The Morgan fingerprint density at radius 1 is 0.365 bits per heavy atom. The maximum absolute atomic E-state index is 12.5. The first-order valence-corrected chi connectivity index (χ1v) is 28.7. The van der Waals surface area contributed by atoms with Gasteiger partial charge in [0.25, 0.3) is 0 Å². The van der Waals surface area contributed by atoms with Gasteiger partial charge < -0.3 is 15.5 Å². The van der Waals surface area contributed by atoms with Gasteiger partial charge in [0.1, 0.15) is 0 Å². The van der Waals surface area contributed by atoms with Crippen LogP contribution in [0.3, 0.4) is 0 Å². The third-order valence-electron chi connectivity index (χ3n) is 13.4. The smallest absolute Gasteiger partial charge is 0.220 e. The number of nitrogens with one attached hydrogen (secondary N) is 1. The molecule has 0 aromatic heterocycles. The molecule has 372 valence electrons. The summed E-state index contributed by atoms with van der Waals surface area (Å²) in [6.07, 6.45) is 74.6. The molecule has 2 unspecified atom stereocenters. The highest BCUT2D eigenvalue weighted by Crippen LogP contribution is 2.17. The molecule has 0 fully saturated rings. The Morgan fingerprint density at radius 2 is 0.619 bits per heavy atom. The molecule has 1 amide bonds. The minimum Gasteiger partial charge on any atom is -0.394 e. The Kier molecular flexibility index (Phi) is 53.7. The molecule has 4 heteroatoms. The van der Waals surface area contributed by atoms with E-state index in [2.05, 4.69) is 43.5 Å². The van der Waals surface area contributed by atoms with Crippen molar-refractivity contribution in [3.8, 4) is 0 Å². The maximum atomic E-state index is 12.5. The zero-order valence-electron chi connectivity index (χ0n) is 42.9. The van der Waals surface area contributed by atoms with Crippen LogP contribution in [0.1, 0.15) is 316 Å². The normalized spacial score (nSPS) is 13.0. The van der Waals surface area contributed by atoms with E-state index in [4.69, 9.17) is 0 Å². The van der Waals surface area contributed by atoms with E-state index in [-0.39, 0.29) is 12.5 Å². The number of hydrogen-bond acceptors (Lipinski definition) is 3. The van der Waals surface area contributed by atoms with Crippen molar-refractivity contribution in [3.05, 3.63) is 36.5 Å². The van der Waals surface area contributed by atoms with Crippen molar-refractivity contribution in [1.29, 1.82) is 0 Å². The summed E-state index contributed by atoms with van der Waals surface area (Å²) in [5, 5.41) is 23.2. The summed E-state index contributed by atoms with van der Waals surface area (Å²) < 4.78 is 0. The van der Waals surface area contributed by atoms with Gasteiger partial charge in [-0.3, -0.25) is 4.79 Å². The molecule has 0 aromatic carbocycles. The largest absolute Gasteiger partial charge is 0.394 e. The summed E-state index contributed by atoms with van der Waals surface area (Å²) in [5.74, 6) is -0.0717. The molecular weight excluding hydrogens is 771 g/mol. The highest BCUT2D eigenvalue weighted by Gasteiger charge is 2.18. The lowest BCUT2D eigenvalue weighted by Crippen LogP contribution is -2.45. The van der Waals surface area contributed by atoms with E-state index in [9.17, 15) is 15.0 Å². The number of rotatable bonds is 53. The average Bonchev–Trinajstić information content (AvgIpc) is 3.29. The van der Waals surface area contributed by atoms with Crippen molar-refractivity contribution in [2.24, 2.45) is 0 Å². The molecule has 0 aliphatic carbocycles. The van der Waals surface area contributed by atoms with Crippen LogP contribution in [0.2, 0.25) is 0 Å². The number of aliphatic hydroxyl groups excluding tert-OH is 2. The molecule has 0 bridgehead atoms. The summed E-state index contributed by atoms with van der Waals surface area (Å²) in [4.78, 5) is 12.5. The molecule has 0 saturated carbocycles. The van der Waals surface area contributed by atoms with Gasteiger partial charge in [0.2, 0.25) is 5.91 Å². The van der Waals surface area contributed by atoms with Gasteiger partial charge in [0.05, 0.1) is 18.8 Å². The lowest BCUT2D eigenvalue weighted by molar-refractivity contribution is -0.123. The van der Waals surface area contributed by atoms with Gasteiger partial charge >= 0.3 is 0 Å². The SMILES string of the molecule is CCCCCCCCCCCCCCCCCC/C=C/CC/C=C/CC/C=C/C(O)C(CO)NC(=O)CCCCCCCCCCCCCCCCCCCCCCCCCCC. The zero-order chi connectivity index (χ0) is 45.6. The summed E-state index contributed by atoms with van der Waals surface area (Å²) in [5.41, 5.74) is 0. The minimum absolute atomic E-state index is 0.0717. The fourth-order valence-corrected chi connectivity index (χ4v) is 8.98. The van der Waals surface area contributed by atoms with Crippen molar-refractivity contribution >= 4 is 5.91 Å². The fraction of sp³-hybridized carbons (Fsp3) is 0.881. The second-order valence-electron chi connectivity index (χ2n) is 19.7. The topological polar surface area (TPSA) is 69.6 Å². The average molecular weight is 885 g/mol. The standard InChI is InChI=1S/C59H113NO3/c1-3-5-7-9-11-13-15-17-19-21-23-25-27-29-31-32-34-36-38-40-42-44-46-48-50-52-54-58(62)57(56-61)60-59(63)55-53-51-49-47-45-43-41-39-37-35-33-30-28-26-24-22-20-18-16-14-12-10-8-6-4-2/h36,38,44,46,52,54,57-58,61-62H,3-35,37,39-43,45,47-51,53,55-56H2,1-2H3,(H,60,63)/b38-36+,46-44+,54-52+. The van der Waals surface area contributed by atoms with Gasteiger partial charge in [-0.15, -0.1) is 0 Å². The Balaban J connectivity index is 3.52. The number of aliphatic hydroxyl groups is 2. The number of carbonyl (C=O) groups is 1. The summed E-state index contributed by atoms with van der Waals surface area (Å²) in [6, 6.07) is -0.644. The van der Waals surface area contributed by atoms with Gasteiger partial charge in [-0.1, -0.05) is 301 Å². The van der Waals surface area contributed by atoms with E-state index in [1.165, 1.54) is 257 Å². The molecule has 0 rings (SSSR count). The molecule has 3 N–H and O–H groups in total. The third kappa shape index (κ3) is 51.5. The van der Waals surface area contributed by atoms with Crippen LogP contribution in [0, 0.1) is 0 Å². The lowest BCUT2D eigenvalue weighted by atomic mass is 10.0. The summed E-state index contributed by atoms with van der Waals surface area (Å²) >= 11 is 0. The molecule has 0 radical (unpaired) electrons. The van der Waals surface area contributed by atoms with Crippen LogP contribution in [0.4, 0.5) is 0 Å². The monoisotopic (exact) mass is 884 g/mol. The number of hydrogen-bond donors (Lipinski definition) is 3. The Bertz CT molecular complexity index is 958. The van der Waals surface area contributed by atoms with Crippen LogP contribution >= 0.6 is 0 Å². The zero-order valence-corrected chi connectivity index (χ0v) is 42.9. The number of amides is 1. The molecule has 0 aromatic rings. The van der Waals surface area contributed by atoms with Crippen LogP contribution in [0.15, 0.2) is 36.5 Å². The first kappa shape index (κ1) is 61.6. The predicted molar refractivity (Wildman–Crippen MR) is 281 cm³/mol. The van der Waals surface area contributed by atoms with Crippen molar-refractivity contribution < 1.29 is 15.0 Å². The summed E-state index contributed by atoms with van der Waals surface area (Å²) in [6.45, 7) is 4.33. The van der Waals surface area contributed by atoms with Crippen molar-refractivity contribution in [3.63, 3.8) is 0 Å². The lowest BCUT2D eigenvalue weighted by Gasteiger charge is -2.19. The van der Waals surface area contributed by atoms with Gasteiger partial charge in [-0.2, -0.15) is 0 Å². The second kappa shape index (κ2) is 54.9. The second-order valence-corrected chi connectivity index (χ2v) is 19.7. The molecule has 4 nitrogen and oxygen atoms in total. The summed E-state index contributed by atoms with van der Waals surface area (Å²) in [7, 11) is 0. The number of allylic oxidation sites excluding steroid dienone is 5. The van der Waals surface area contributed by atoms with Crippen molar-refractivity contribution in [1.82, 2.24) is 5.32 Å². The van der Waals surface area contributed by atoms with Crippen LogP contribution in [0.25, 0.3) is 0 Å². The van der Waals surface area contributed by atoms with E-state index in [1.807, 2.05) is 6.08 Å². The van der Waals surface area contributed by atoms with Crippen molar-refractivity contribution in [2.45, 2.75) is 328 Å². The van der Waals surface area contributed by atoms with Gasteiger partial charge in [0.15, 0.2) is 0 Å². The Hall–Kier alpha value is -1.39. The first-order valence-electron chi connectivity index (χ1n) is 28.7. The van der Waals surface area contributed by atoms with Gasteiger partial charge in [0, 0.05) is 6.42 Å². The van der Waals surface area contributed by atoms with Crippen molar-refractivity contribution in [2.75, 3.05) is 6.61 Å². The molecule has 0 aliphatic heterocycles. The maximum Gasteiger partial charge on any atom is 0.220 e. The van der Waals surface area contributed by atoms with Gasteiger partial charge in [-0.25, -0.2) is 0 Å². The van der Waals surface area contributed by atoms with Crippen LogP contribution in [0.5, 0.6) is 0 Å². The molecule has 0 spiro atoms. The van der Waals surface area contributed by atoms with E-state index < -0.39 is 12.1 Å². The highest BCUT2D eigenvalue weighted by molar-refractivity contribution is 5.76. The van der Waals surface area contributed by atoms with Gasteiger partial charge in [-0.05, 0) is 44.9 Å². The number of unbranched alkanes of at least 4 members (excludes halogenated alkanes) is 42. The van der Waals surface area contributed by atoms with E-state index in [0.717, 1.165) is 38.5 Å². The third-order valence-corrected chi connectivity index (χ3v) is 13.4.